The smallest absolute Gasteiger partial charge is 0.330 e. The van der Waals surface area contributed by atoms with Gasteiger partial charge < -0.3 is 4.84 Å². The quantitative estimate of drug-likeness (QED) is 0.287. The van der Waals surface area contributed by atoms with Gasteiger partial charge in [-0.05, 0) is 23.3 Å². The standard InChI is InChI=1S/C14H15N3O6S2/c1-9(24-25-11-4-3-10(8-15-11)17(21)22)2-7-14(20)23-16-12(18)5-6-13(16)19/h3-4,8-9H,2,5-7H2,1H3/t9-/m0/s1. The Balaban J connectivity index is 1.70. The third-order valence-corrected chi connectivity index (χ3v) is 6.04. The summed E-state index contributed by atoms with van der Waals surface area (Å²) in [6, 6.07) is 2.93. The Kier molecular flexibility index (Phi) is 6.76. The number of hydrogen-bond donors (Lipinski definition) is 0. The number of aromatic nitrogens is 1. The fourth-order valence-corrected chi connectivity index (χ4v) is 3.91. The molecule has 11 heteroatoms. The SMILES string of the molecule is C[C@@H](CCC(=O)ON1C(=O)CCC1=O)SSc1ccc([N+](=O)[O-])cn1. The van der Waals surface area contributed by atoms with E-state index < -0.39 is 22.7 Å². The number of hydrogen-bond acceptors (Lipinski definition) is 9. The van der Waals surface area contributed by atoms with Crippen molar-refractivity contribution in [3.05, 3.63) is 28.4 Å². The molecule has 0 unspecified atom stereocenters. The van der Waals surface area contributed by atoms with Crippen molar-refractivity contribution in [2.24, 2.45) is 0 Å². The number of hydroxylamine groups is 2. The van der Waals surface area contributed by atoms with Gasteiger partial charge in [0.1, 0.15) is 11.2 Å². The Morgan fingerprint density at radius 2 is 2.08 bits per heavy atom. The monoisotopic (exact) mass is 385 g/mol. The van der Waals surface area contributed by atoms with Gasteiger partial charge in [-0.3, -0.25) is 19.7 Å². The summed E-state index contributed by atoms with van der Waals surface area (Å²) in [4.78, 5) is 53.2. The van der Waals surface area contributed by atoms with Crippen LogP contribution in [0.3, 0.4) is 0 Å². The number of carbonyl (C=O) groups excluding carboxylic acids is 3. The van der Waals surface area contributed by atoms with Crippen LogP contribution in [-0.2, 0) is 19.2 Å². The van der Waals surface area contributed by atoms with Crippen LogP contribution in [0.2, 0.25) is 0 Å². The molecule has 1 fully saturated rings. The van der Waals surface area contributed by atoms with Gasteiger partial charge in [0.2, 0.25) is 0 Å². The third-order valence-electron chi connectivity index (χ3n) is 3.18. The predicted molar refractivity (Wildman–Crippen MR) is 90.2 cm³/mol. The van der Waals surface area contributed by atoms with Crippen LogP contribution in [0, 0.1) is 10.1 Å². The Morgan fingerprint density at radius 3 is 2.64 bits per heavy atom. The highest BCUT2D eigenvalue weighted by Crippen LogP contribution is 2.35. The third kappa shape index (κ3) is 5.71. The van der Waals surface area contributed by atoms with Crippen molar-refractivity contribution in [2.45, 2.75) is 42.9 Å². The van der Waals surface area contributed by atoms with Crippen LogP contribution in [0.15, 0.2) is 23.4 Å². The maximum atomic E-state index is 11.7. The fourth-order valence-electron chi connectivity index (χ4n) is 1.84. The first kappa shape index (κ1) is 19.2. The second kappa shape index (κ2) is 8.81. The lowest BCUT2D eigenvalue weighted by Gasteiger charge is -2.13. The molecule has 1 aliphatic heterocycles. The number of pyridine rings is 1. The zero-order chi connectivity index (χ0) is 18.4. The highest BCUT2D eigenvalue weighted by Gasteiger charge is 2.32. The van der Waals surface area contributed by atoms with E-state index >= 15 is 0 Å². The van der Waals surface area contributed by atoms with Gasteiger partial charge in [0, 0.05) is 30.6 Å². The van der Waals surface area contributed by atoms with E-state index in [-0.39, 0.29) is 30.2 Å². The number of amides is 2. The lowest BCUT2D eigenvalue weighted by atomic mass is 10.2. The lowest BCUT2D eigenvalue weighted by Crippen LogP contribution is -2.32. The molecule has 0 saturated carbocycles. The van der Waals surface area contributed by atoms with Crippen molar-refractivity contribution >= 4 is 45.1 Å². The van der Waals surface area contributed by atoms with Gasteiger partial charge in [-0.1, -0.05) is 17.7 Å². The molecule has 0 spiro atoms. The topological polar surface area (TPSA) is 120 Å². The van der Waals surface area contributed by atoms with Gasteiger partial charge in [-0.25, -0.2) is 9.78 Å². The van der Waals surface area contributed by atoms with Crippen LogP contribution < -0.4 is 0 Å². The molecule has 0 radical (unpaired) electrons. The Hall–Kier alpha value is -2.14. The molecule has 0 aliphatic carbocycles. The molecular formula is C14H15N3O6S2. The van der Waals surface area contributed by atoms with Crippen molar-refractivity contribution in [3.8, 4) is 0 Å². The lowest BCUT2D eigenvalue weighted by molar-refractivity contribution is -0.385. The molecule has 1 atom stereocenters. The van der Waals surface area contributed by atoms with E-state index in [1.165, 1.54) is 33.9 Å². The minimum atomic E-state index is -0.630. The largest absolute Gasteiger partial charge is 0.333 e. The van der Waals surface area contributed by atoms with Crippen LogP contribution >= 0.6 is 21.6 Å². The molecular weight excluding hydrogens is 370 g/mol. The second-order valence-corrected chi connectivity index (χ2v) is 7.85. The zero-order valence-electron chi connectivity index (χ0n) is 13.2. The molecule has 1 aromatic rings. The second-order valence-electron chi connectivity index (χ2n) is 5.19. The average Bonchev–Trinajstić information content (AvgIpc) is 2.90. The van der Waals surface area contributed by atoms with Crippen LogP contribution in [0.25, 0.3) is 0 Å². The molecule has 134 valence electrons. The number of rotatable bonds is 8. The summed E-state index contributed by atoms with van der Waals surface area (Å²) >= 11 is 0. The molecule has 9 nitrogen and oxygen atoms in total. The normalized spacial score (nSPS) is 15.3. The van der Waals surface area contributed by atoms with Gasteiger partial charge in [0.15, 0.2) is 0 Å². The summed E-state index contributed by atoms with van der Waals surface area (Å²) in [6.45, 7) is 1.91. The minimum absolute atomic E-state index is 0.0667. The summed E-state index contributed by atoms with van der Waals surface area (Å²) < 4.78 is 0. The summed E-state index contributed by atoms with van der Waals surface area (Å²) in [5.74, 6) is -1.63. The van der Waals surface area contributed by atoms with Gasteiger partial charge in [-0.2, -0.15) is 0 Å². The van der Waals surface area contributed by atoms with E-state index in [4.69, 9.17) is 4.84 Å². The molecule has 1 saturated heterocycles. The fraction of sp³-hybridized carbons (Fsp3) is 0.429. The number of nitrogens with zero attached hydrogens (tertiary/aromatic N) is 3. The molecule has 0 aromatic carbocycles. The van der Waals surface area contributed by atoms with Crippen molar-refractivity contribution in [1.82, 2.24) is 10.0 Å². The Morgan fingerprint density at radius 1 is 1.40 bits per heavy atom. The number of nitro groups is 1. The molecule has 0 bridgehead atoms. The molecule has 1 aromatic heterocycles. The maximum absolute atomic E-state index is 11.7. The van der Waals surface area contributed by atoms with Crippen LogP contribution in [0.4, 0.5) is 5.69 Å². The first-order chi connectivity index (χ1) is 11.9. The van der Waals surface area contributed by atoms with Crippen LogP contribution in [0.5, 0.6) is 0 Å². The zero-order valence-corrected chi connectivity index (χ0v) is 14.9. The van der Waals surface area contributed by atoms with E-state index in [0.29, 0.717) is 16.5 Å². The predicted octanol–water partition coefficient (Wildman–Crippen LogP) is 2.51. The van der Waals surface area contributed by atoms with Gasteiger partial charge in [0.05, 0.1) is 4.92 Å². The molecule has 0 N–H and O–H groups in total. The number of imide groups is 1. The average molecular weight is 385 g/mol. The maximum Gasteiger partial charge on any atom is 0.333 e. The first-order valence-corrected chi connectivity index (χ1v) is 9.58. The molecule has 2 rings (SSSR count). The Labute approximate surface area is 151 Å². The Bertz CT molecular complexity index is 666. The van der Waals surface area contributed by atoms with Gasteiger partial charge >= 0.3 is 5.97 Å². The van der Waals surface area contributed by atoms with Crippen molar-refractivity contribution in [3.63, 3.8) is 0 Å². The van der Waals surface area contributed by atoms with E-state index in [1.54, 1.807) is 6.07 Å². The summed E-state index contributed by atoms with van der Waals surface area (Å²) in [6.07, 6.45) is 1.88. The summed E-state index contributed by atoms with van der Waals surface area (Å²) in [5, 5.41) is 11.8. The van der Waals surface area contributed by atoms with Crippen molar-refractivity contribution in [1.29, 1.82) is 0 Å². The van der Waals surface area contributed by atoms with Crippen LogP contribution in [-0.4, -0.2) is 38.0 Å². The van der Waals surface area contributed by atoms with Gasteiger partial charge in [-0.15, -0.1) is 5.06 Å². The van der Waals surface area contributed by atoms with E-state index in [0.717, 1.165) is 0 Å². The molecule has 25 heavy (non-hydrogen) atoms. The molecule has 1 aliphatic rings. The minimum Gasteiger partial charge on any atom is -0.330 e. The van der Waals surface area contributed by atoms with Crippen molar-refractivity contribution < 1.29 is 24.1 Å². The highest BCUT2D eigenvalue weighted by molar-refractivity contribution is 8.76. The van der Waals surface area contributed by atoms with Gasteiger partial charge in [0.25, 0.3) is 17.5 Å². The van der Waals surface area contributed by atoms with E-state index in [9.17, 15) is 24.5 Å². The summed E-state index contributed by atoms with van der Waals surface area (Å²) in [7, 11) is 2.81. The molecule has 2 amide bonds. The van der Waals surface area contributed by atoms with Crippen molar-refractivity contribution in [2.75, 3.05) is 0 Å². The van der Waals surface area contributed by atoms with E-state index in [2.05, 4.69) is 4.98 Å². The highest BCUT2D eigenvalue weighted by atomic mass is 33.1. The van der Waals surface area contributed by atoms with E-state index in [1.807, 2.05) is 6.92 Å². The van der Waals surface area contributed by atoms with Crippen LogP contribution in [0.1, 0.15) is 32.6 Å². The number of carbonyl (C=O) groups is 3. The summed E-state index contributed by atoms with van der Waals surface area (Å²) in [5.41, 5.74) is -0.0730. The molecule has 2 heterocycles. The first-order valence-electron chi connectivity index (χ1n) is 7.37.